The first-order valence-electron chi connectivity index (χ1n) is 5.19. The number of para-hydroxylation sites is 1. The van der Waals surface area contributed by atoms with Crippen LogP contribution in [-0.4, -0.2) is 18.1 Å². The fraction of sp³-hybridized carbons (Fsp3) is 0.167. The number of nitrogens with zero attached hydrogens (tertiary/aromatic N) is 1. The second-order valence-electron chi connectivity index (χ2n) is 3.78. The standard InChI is InChI=1S/C12H9F3N2O2/c1-19-11(18)7-5-17-10-6(9(7)16)3-2-4-8(10)12(13,14)15/h2-5H,1H3,(H2,16,17). The molecule has 4 nitrogen and oxygen atoms in total. The Hall–Kier alpha value is -2.31. The van der Waals surface area contributed by atoms with E-state index in [2.05, 4.69) is 9.72 Å². The van der Waals surface area contributed by atoms with Crippen molar-refractivity contribution >= 4 is 22.6 Å². The number of nitrogen functional groups attached to an aromatic ring is 1. The first-order chi connectivity index (χ1) is 8.86. The highest BCUT2D eigenvalue weighted by Crippen LogP contribution is 2.35. The van der Waals surface area contributed by atoms with E-state index in [-0.39, 0.29) is 22.2 Å². The van der Waals surface area contributed by atoms with E-state index in [9.17, 15) is 18.0 Å². The Morgan fingerprint density at radius 1 is 1.37 bits per heavy atom. The van der Waals surface area contributed by atoms with Gasteiger partial charge in [-0.3, -0.25) is 4.98 Å². The highest BCUT2D eigenvalue weighted by Gasteiger charge is 2.33. The molecule has 100 valence electrons. The maximum absolute atomic E-state index is 12.8. The molecule has 0 amide bonds. The highest BCUT2D eigenvalue weighted by molar-refractivity contribution is 6.04. The van der Waals surface area contributed by atoms with E-state index in [4.69, 9.17) is 5.73 Å². The van der Waals surface area contributed by atoms with Crippen LogP contribution in [0.4, 0.5) is 18.9 Å². The summed E-state index contributed by atoms with van der Waals surface area (Å²) in [6.07, 6.45) is -3.55. The number of hydrogen-bond acceptors (Lipinski definition) is 4. The van der Waals surface area contributed by atoms with Crippen molar-refractivity contribution in [3.63, 3.8) is 0 Å². The maximum atomic E-state index is 12.8. The SMILES string of the molecule is COC(=O)c1cnc2c(C(F)(F)F)cccc2c1N. The molecule has 2 N–H and O–H groups in total. The molecule has 1 aromatic heterocycles. The minimum absolute atomic E-state index is 0.0608. The van der Waals surface area contributed by atoms with Crippen molar-refractivity contribution in [3.8, 4) is 0 Å². The van der Waals surface area contributed by atoms with Crippen molar-refractivity contribution in [1.82, 2.24) is 4.98 Å². The van der Waals surface area contributed by atoms with Crippen molar-refractivity contribution in [3.05, 3.63) is 35.5 Å². The molecular weight excluding hydrogens is 261 g/mol. The average molecular weight is 270 g/mol. The molecule has 0 radical (unpaired) electrons. The van der Waals surface area contributed by atoms with Crippen LogP contribution in [0.15, 0.2) is 24.4 Å². The van der Waals surface area contributed by atoms with Crippen molar-refractivity contribution in [2.75, 3.05) is 12.8 Å². The summed E-state index contributed by atoms with van der Waals surface area (Å²) in [7, 11) is 1.15. The largest absolute Gasteiger partial charge is 0.465 e. The van der Waals surface area contributed by atoms with E-state index in [0.29, 0.717) is 0 Å². The van der Waals surface area contributed by atoms with Crippen LogP contribution < -0.4 is 5.73 Å². The quantitative estimate of drug-likeness (QED) is 0.809. The Morgan fingerprint density at radius 3 is 2.63 bits per heavy atom. The number of benzene rings is 1. The zero-order valence-electron chi connectivity index (χ0n) is 9.78. The molecular formula is C12H9F3N2O2. The van der Waals surface area contributed by atoms with Gasteiger partial charge in [-0.2, -0.15) is 13.2 Å². The van der Waals surface area contributed by atoms with E-state index in [1.807, 2.05) is 0 Å². The summed E-state index contributed by atoms with van der Waals surface area (Å²) < 4.78 is 42.9. The van der Waals surface area contributed by atoms with Gasteiger partial charge in [0, 0.05) is 11.6 Å². The number of halogens is 3. The Kier molecular flexibility index (Phi) is 3.05. The molecule has 2 rings (SSSR count). The summed E-state index contributed by atoms with van der Waals surface area (Å²) in [5, 5.41) is 0.0673. The maximum Gasteiger partial charge on any atom is 0.418 e. The third-order valence-electron chi connectivity index (χ3n) is 2.65. The van der Waals surface area contributed by atoms with Crippen molar-refractivity contribution in [2.24, 2.45) is 0 Å². The minimum atomic E-state index is -4.54. The summed E-state index contributed by atoms with van der Waals surface area (Å²) in [4.78, 5) is 15.1. The van der Waals surface area contributed by atoms with Crippen LogP contribution in [0.25, 0.3) is 10.9 Å². The number of hydrogen-bond donors (Lipinski definition) is 1. The smallest absolute Gasteiger partial charge is 0.418 e. The summed E-state index contributed by atoms with van der Waals surface area (Å²) in [6.45, 7) is 0. The van der Waals surface area contributed by atoms with Crippen LogP contribution >= 0.6 is 0 Å². The molecule has 1 heterocycles. The Labute approximate surface area is 106 Å². The summed E-state index contributed by atoms with van der Waals surface area (Å²) >= 11 is 0. The van der Waals surface area contributed by atoms with Crippen LogP contribution in [-0.2, 0) is 10.9 Å². The van der Waals surface area contributed by atoms with Crippen LogP contribution in [0.1, 0.15) is 15.9 Å². The number of nitrogens with two attached hydrogens (primary N) is 1. The number of carbonyl (C=O) groups is 1. The minimum Gasteiger partial charge on any atom is -0.465 e. The molecule has 0 aliphatic heterocycles. The number of aromatic nitrogens is 1. The molecule has 1 aromatic carbocycles. The summed E-state index contributed by atoms with van der Waals surface area (Å²) in [6, 6.07) is 3.50. The molecule has 0 saturated carbocycles. The number of methoxy groups -OCH3 is 1. The van der Waals surface area contributed by atoms with E-state index in [1.54, 1.807) is 0 Å². The van der Waals surface area contributed by atoms with E-state index >= 15 is 0 Å². The van der Waals surface area contributed by atoms with Crippen LogP contribution in [0, 0.1) is 0 Å². The molecule has 0 fully saturated rings. The van der Waals surface area contributed by atoms with Crippen LogP contribution in [0.3, 0.4) is 0 Å². The van der Waals surface area contributed by atoms with Gasteiger partial charge in [0.05, 0.1) is 23.9 Å². The predicted molar refractivity (Wildman–Crippen MR) is 62.5 cm³/mol. The van der Waals surface area contributed by atoms with Gasteiger partial charge in [-0.1, -0.05) is 12.1 Å². The van der Waals surface area contributed by atoms with Gasteiger partial charge >= 0.3 is 12.1 Å². The zero-order chi connectivity index (χ0) is 14.2. The average Bonchev–Trinajstić information content (AvgIpc) is 2.37. The second kappa shape index (κ2) is 4.42. The van der Waals surface area contributed by atoms with Gasteiger partial charge in [-0.25, -0.2) is 4.79 Å². The molecule has 0 unspecified atom stereocenters. The van der Waals surface area contributed by atoms with Gasteiger partial charge in [0.15, 0.2) is 0 Å². The normalized spacial score (nSPS) is 11.6. The molecule has 0 saturated heterocycles. The lowest BCUT2D eigenvalue weighted by Gasteiger charge is -2.12. The van der Waals surface area contributed by atoms with E-state index in [0.717, 1.165) is 19.4 Å². The Bertz CT molecular complexity index is 653. The van der Waals surface area contributed by atoms with Gasteiger partial charge < -0.3 is 10.5 Å². The van der Waals surface area contributed by atoms with Gasteiger partial charge in [0.25, 0.3) is 0 Å². The monoisotopic (exact) mass is 270 g/mol. The first kappa shape index (κ1) is 13.1. The second-order valence-corrected chi connectivity index (χ2v) is 3.78. The number of rotatable bonds is 1. The molecule has 0 atom stereocenters. The predicted octanol–water partition coefficient (Wildman–Crippen LogP) is 2.62. The number of fused-ring (bicyclic) bond motifs is 1. The lowest BCUT2D eigenvalue weighted by Crippen LogP contribution is -2.10. The number of ether oxygens (including phenoxy) is 1. The van der Waals surface area contributed by atoms with Crippen molar-refractivity contribution in [2.45, 2.75) is 6.18 Å². The van der Waals surface area contributed by atoms with Crippen LogP contribution in [0.5, 0.6) is 0 Å². The lowest BCUT2D eigenvalue weighted by atomic mass is 10.1. The van der Waals surface area contributed by atoms with E-state index < -0.39 is 17.7 Å². The molecule has 0 spiro atoms. The molecule has 19 heavy (non-hydrogen) atoms. The van der Waals surface area contributed by atoms with Crippen molar-refractivity contribution < 1.29 is 22.7 Å². The fourth-order valence-corrected chi connectivity index (χ4v) is 1.75. The Balaban J connectivity index is 2.76. The molecule has 0 aliphatic carbocycles. The summed E-state index contributed by atoms with van der Waals surface area (Å²) in [5.74, 6) is -0.746. The number of anilines is 1. The van der Waals surface area contributed by atoms with Gasteiger partial charge in [0.1, 0.15) is 5.56 Å². The lowest BCUT2D eigenvalue weighted by molar-refractivity contribution is -0.136. The van der Waals surface area contributed by atoms with Gasteiger partial charge in [-0.15, -0.1) is 0 Å². The number of pyridine rings is 1. The molecule has 7 heteroatoms. The highest BCUT2D eigenvalue weighted by atomic mass is 19.4. The zero-order valence-corrected chi connectivity index (χ0v) is 9.78. The Morgan fingerprint density at radius 2 is 2.05 bits per heavy atom. The number of alkyl halides is 3. The third-order valence-corrected chi connectivity index (χ3v) is 2.65. The molecule has 2 aromatic rings. The van der Waals surface area contributed by atoms with Crippen molar-refractivity contribution in [1.29, 1.82) is 0 Å². The first-order valence-corrected chi connectivity index (χ1v) is 5.19. The summed E-state index contributed by atoms with van der Waals surface area (Å²) in [5.41, 5.74) is 4.37. The molecule has 0 bridgehead atoms. The molecule has 0 aliphatic rings. The third kappa shape index (κ3) is 2.18. The topological polar surface area (TPSA) is 65.2 Å². The van der Waals surface area contributed by atoms with E-state index in [1.165, 1.54) is 12.1 Å². The number of esters is 1. The fourth-order valence-electron chi connectivity index (χ4n) is 1.75. The van der Waals surface area contributed by atoms with Gasteiger partial charge in [-0.05, 0) is 6.07 Å². The number of carbonyl (C=O) groups excluding carboxylic acids is 1. The van der Waals surface area contributed by atoms with Gasteiger partial charge in [0.2, 0.25) is 0 Å². The van der Waals surface area contributed by atoms with Crippen LogP contribution in [0.2, 0.25) is 0 Å².